The topological polar surface area (TPSA) is 64.3 Å². The summed E-state index contributed by atoms with van der Waals surface area (Å²) in [5.41, 5.74) is 6.96. The summed E-state index contributed by atoms with van der Waals surface area (Å²) in [6, 6.07) is 4.96. The van der Waals surface area contributed by atoms with Gasteiger partial charge in [0.25, 0.3) is 5.91 Å². The predicted octanol–water partition coefficient (Wildman–Crippen LogP) is 3.70. The highest BCUT2D eigenvalue weighted by atomic mass is 35.5. The molecule has 0 fully saturated rings. The molecule has 0 radical (unpaired) electrons. The van der Waals surface area contributed by atoms with Crippen molar-refractivity contribution >= 4 is 28.9 Å². The molecule has 0 aromatic heterocycles. The van der Waals surface area contributed by atoms with Gasteiger partial charge in [-0.25, -0.2) is 0 Å². The Bertz CT molecular complexity index is 469. The van der Waals surface area contributed by atoms with E-state index in [0.29, 0.717) is 23.0 Å². The Morgan fingerprint density at radius 1 is 1.45 bits per heavy atom. The fourth-order valence-electron chi connectivity index (χ4n) is 1.50. The molecule has 1 amide bonds. The van der Waals surface area contributed by atoms with Crippen molar-refractivity contribution in [1.82, 2.24) is 0 Å². The van der Waals surface area contributed by atoms with E-state index < -0.39 is 6.10 Å². The number of rotatable bonds is 5. The van der Waals surface area contributed by atoms with Crippen molar-refractivity contribution in [2.75, 3.05) is 17.7 Å². The van der Waals surface area contributed by atoms with Crippen molar-refractivity contribution in [2.24, 2.45) is 5.41 Å². The minimum atomic E-state index is -0.521. The van der Waals surface area contributed by atoms with Crippen LogP contribution in [0.4, 0.5) is 11.4 Å². The number of carbonyl (C=O) groups excluding carboxylic acids is 1. The van der Waals surface area contributed by atoms with Crippen LogP contribution in [0.2, 0.25) is 5.02 Å². The highest BCUT2D eigenvalue weighted by Crippen LogP contribution is 2.23. The summed E-state index contributed by atoms with van der Waals surface area (Å²) in [5.74, 6) is -0.215. The van der Waals surface area contributed by atoms with Crippen LogP contribution in [-0.4, -0.2) is 18.6 Å². The molecule has 112 valence electrons. The number of hydrogen-bond acceptors (Lipinski definition) is 3. The van der Waals surface area contributed by atoms with Gasteiger partial charge in [0.1, 0.15) is 6.10 Å². The second-order valence-corrected chi connectivity index (χ2v) is 6.48. The molecular weight excluding hydrogens is 276 g/mol. The van der Waals surface area contributed by atoms with Gasteiger partial charge in [0.2, 0.25) is 0 Å². The van der Waals surface area contributed by atoms with Crippen molar-refractivity contribution < 1.29 is 9.53 Å². The number of amides is 1. The van der Waals surface area contributed by atoms with Gasteiger partial charge >= 0.3 is 0 Å². The Kier molecular flexibility index (Phi) is 5.84. The van der Waals surface area contributed by atoms with Gasteiger partial charge in [-0.15, -0.1) is 0 Å². The molecule has 0 aliphatic carbocycles. The van der Waals surface area contributed by atoms with Gasteiger partial charge in [0, 0.05) is 11.6 Å². The first-order valence-corrected chi connectivity index (χ1v) is 7.04. The van der Waals surface area contributed by atoms with E-state index >= 15 is 0 Å². The molecule has 0 spiro atoms. The number of benzene rings is 1. The molecule has 0 aliphatic heterocycles. The normalized spacial score (nSPS) is 13.1. The Morgan fingerprint density at radius 3 is 2.65 bits per heavy atom. The van der Waals surface area contributed by atoms with E-state index in [1.54, 1.807) is 25.1 Å². The molecule has 0 aliphatic rings. The first kappa shape index (κ1) is 16.8. The Balaban J connectivity index is 2.49. The third kappa shape index (κ3) is 5.80. The van der Waals surface area contributed by atoms with Gasteiger partial charge in [-0.2, -0.15) is 0 Å². The Hall–Kier alpha value is -1.26. The minimum absolute atomic E-state index is 0.191. The zero-order chi connectivity index (χ0) is 15.3. The predicted molar refractivity (Wildman–Crippen MR) is 84.0 cm³/mol. The van der Waals surface area contributed by atoms with E-state index in [0.717, 1.165) is 6.42 Å². The largest absolute Gasteiger partial charge is 0.397 e. The van der Waals surface area contributed by atoms with Gasteiger partial charge in [-0.05, 0) is 37.0 Å². The van der Waals surface area contributed by atoms with Crippen LogP contribution in [0.1, 0.15) is 34.1 Å². The average Bonchev–Trinajstić information content (AvgIpc) is 2.30. The maximum atomic E-state index is 12.0. The van der Waals surface area contributed by atoms with E-state index in [1.165, 1.54) is 0 Å². The Morgan fingerprint density at radius 2 is 2.10 bits per heavy atom. The van der Waals surface area contributed by atoms with Gasteiger partial charge in [0.15, 0.2) is 0 Å². The molecule has 3 N–H and O–H groups in total. The second-order valence-electron chi connectivity index (χ2n) is 6.04. The number of nitrogen functional groups attached to an aromatic ring is 1. The second kappa shape index (κ2) is 6.95. The lowest BCUT2D eigenvalue weighted by Crippen LogP contribution is -2.29. The van der Waals surface area contributed by atoms with Gasteiger partial charge in [-0.3, -0.25) is 4.79 Å². The van der Waals surface area contributed by atoms with Gasteiger partial charge in [-0.1, -0.05) is 32.4 Å². The van der Waals surface area contributed by atoms with Crippen molar-refractivity contribution in [3.63, 3.8) is 0 Å². The molecular formula is C15H23ClN2O2. The number of halogens is 1. The third-order valence-electron chi connectivity index (χ3n) is 2.86. The molecule has 5 heteroatoms. The number of ether oxygens (including phenoxy) is 1. The number of carbonyl (C=O) groups is 1. The summed E-state index contributed by atoms with van der Waals surface area (Å²) in [6.07, 6.45) is 0.376. The van der Waals surface area contributed by atoms with Crippen LogP contribution < -0.4 is 11.1 Å². The molecule has 1 aromatic rings. The van der Waals surface area contributed by atoms with E-state index in [-0.39, 0.29) is 11.3 Å². The summed E-state index contributed by atoms with van der Waals surface area (Å²) >= 11 is 5.81. The third-order valence-corrected chi connectivity index (χ3v) is 3.10. The zero-order valence-electron chi connectivity index (χ0n) is 12.5. The number of nitrogens with one attached hydrogen (secondary N) is 1. The smallest absolute Gasteiger partial charge is 0.253 e. The molecule has 1 aromatic carbocycles. The molecule has 20 heavy (non-hydrogen) atoms. The molecule has 0 saturated carbocycles. The standard InChI is InChI=1S/C15H23ClN2O2/c1-10(20-8-7-15(2,3)4)14(19)18-13-6-5-11(16)9-12(13)17/h5-6,9-10H,7-8,17H2,1-4H3,(H,18,19). The summed E-state index contributed by atoms with van der Waals surface area (Å²) < 4.78 is 5.54. The molecule has 0 bridgehead atoms. The highest BCUT2D eigenvalue weighted by molar-refractivity contribution is 6.31. The summed E-state index contributed by atoms with van der Waals surface area (Å²) in [5, 5.41) is 3.27. The fraction of sp³-hybridized carbons (Fsp3) is 0.533. The molecule has 0 saturated heterocycles. The molecule has 1 unspecified atom stereocenters. The highest BCUT2D eigenvalue weighted by Gasteiger charge is 2.16. The average molecular weight is 299 g/mol. The number of hydrogen-bond donors (Lipinski definition) is 2. The monoisotopic (exact) mass is 298 g/mol. The van der Waals surface area contributed by atoms with E-state index in [1.807, 2.05) is 0 Å². The lowest BCUT2D eigenvalue weighted by Gasteiger charge is -2.20. The van der Waals surface area contributed by atoms with Crippen LogP contribution in [0, 0.1) is 5.41 Å². The molecule has 1 atom stereocenters. The lowest BCUT2D eigenvalue weighted by atomic mass is 9.93. The van der Waals surface area contributed by atoms with Crippen LogP contribution in [0.5, 0.6) is 0 Å². The van der Waals surface area contributed by atoms with Crippen LogP contribution in [0.25, 0.3) is 0 Å². The SMILES string of the molecule is CC(OCCC(C)(C)C)C(=O)Nc1ccc(Cl)cc1N. The van der Waals surface area contributed by atoms with Crippen LogP contribution >= 0.6 is 11.6 Å². The molecule has 4 nitrogen and oxygen atoms in total. The van der Waals surface area contributed by atoms with Crippen LogP contribution in [0.15, 0.2) is 18.2 Å². The minimum Gasteiger partial charge on any atom is -0.397 e. The van der Waals surface area contributed by atoms with Crippen molar-refractivity contribution in [3.8, 4) is 0 Å². The summed E-state index contributed by atoms with van der Waals surface area (Å²) in [7, 11) is 0. The first-order chi connectivity index (χ1) is 9.19. The number of anilines is 2. The lowest BCUT2D eigenvalue weighted by molar-refractivity contribution is -0.126. The van der Waals surface area contributed by atoms with E-state index in [9.17, 15) is 4.79 Å². The summed E-state index contributed by atoms with van der Waals surface area (Å²) in [6.45, 7) is 8.68. The van der Waals surface area contributed by atoms with Gasteiger partial charge in [0.05, 0.1) is 11.4 Å². The van der Waals surface area contributed by atoms with Crippen molar-refractivity contribution in [2.45, 2.75) is 40.2 Å². The van der Waals surface area contributed by atoms with E-state index in [4.69, 9.17) is 22.1 Å². The summed E-state index contributed by atoms with van der Waals surface area (Å²) in [4.78, 5) is 12.0. The van der Waals surface area contributed by atoms with Crippen LogP contribution in [-0.2, 0) is 9.53 Å². The molecule has 1 rings (SSSR count). The molecule has 0 heterocycles. The maximum Gasteiger partial charge on any atom is 0.253 e. The first-order valence-electron chi connectivity index (χ1n) is 6.66. The zero-order valence-corrected chi connectivity index (χ0v) is 13.3. The van der Waals surface area contributed by atoms with Gasteiger partial charge < -0.3 is 15.8 Å². The van der Waals surface area contributed by atoms with Crippen LogP contribution in [0.3, 0.4) is 0 Å². The van der Waals surface area contributed by atoms with E-state index in [2.05, 4.69) is 26.1 Å². The fourth-order valence-corrected chi connectivity index (χ4v) is 1.68. The number of nitrogens with two attached hydrogens (primary N) is 1. The quantitative estimate of drug-likeness (QED) is 0.815. The Labute approximate surface area is 125 Å². The van der Waals surface area contributed by atoms with Crippen molar-refractivity contribution in [3.05, 3.63) is 23.2 Å². The van der Waals surface area contributed by atoms with Crippen molar-refractivity contribution in [1.29, 1.82) is 0 Å². The maximum absolute atomic E-state index is 12.0.